The molecule has 2 fully saturated rings. The third-order valence-corrected chi connectivity index (χ3v) is 4.50. The molecule has 1 aliphatic heterocycles. The van der Waals surface area contributed by atoms with E-state index < -0.39 is 18.0 Å². The van der Waals surface area contributed by atoms with Gasteiger partial charge in [-0.3, -0.25) is 19.1 Å². The van der Waals surface area contributed by atoms with Gasteiger partial charge < -0.3 is 10.6 Å². The van der Waals surface area contributed by atoms with E-state index in [0.29, 0.717) is 25.8 Å². The zero-order valence-corrected chi connectivity index (χ0v) is 12.4. The second-order valence-corrected chi connectivity index (χ2v) is 5.82. The van der Waals surface area contributed by atoms with E-state index in [4.69, 9.17) is 5.73 Å². The Bertz CT molecular complexity index is 441. The fourth-order valence-corrected chi connectivity index (χ4v) is 3.51. The molecular formula is C13H20N3O3P. The van der Waals surface area contributed by atoms with Crippen molar-refractivity contribution in [2.75, 3.05) is 6.54 Å². The number of likely N-dealkylation sites (tertiary alicyclic amines) is 1. The number of hydrogen-bond acceptors (Lipinski definition) is 4. The van der Waals surface area contributed by atoms with Gasteiger partial charge in [0.1, 0.15) is 17.9 Å². The molecule has 7 heteroatoms. The second kappa shape index (κ2) is 6.44. The average molecular weight is 297 g/mol. The summed E-state index contributed by atoms with van der Waals surface area (Å²) in [5.41, 5.74) is 5.34. The molecule has 1 heterocycles. The number of ketones is 1. The molecule has 110 valence electrons. The molecule has 0 aromatic rings. The van der Waals surface area contributed by atoms with Crippen molar-refractivity contribution in [1.82, 2.24) is 4.90 Å². The molecule has 1 aliphatic carbocycles. The summed E-state index contributed by atoms with van der Waals surface area (Å²) in [7, 11) is 3.08. The van der Waals surface area contributed by atoms with Crippen LogP contribution in [-0.4, -0.2) is 41.1 Å². The van der Waals surface area contributed by atoms with Gasteiger partial charge in [0.15, 0.2) is 0 Å². The lowest BCUT2D eigenvalue weighted by atomic mass is 9.83. The van der Waals surface area contributed by atoms with E-state index in [1.165, 1.54) is 4.90 Å². The standard InChI is InChI=1S/C13H20N3O3P/c14-12(18)10-5-2-6-16(10)13(19)11(15-20)8-3-1-4-9(17)7-8/h8,10-11,20H,1-7H2,(H2,14,18). The Hall–Kier alpha value is -1.29. The lowest BCUT2D eigenvalue weighted by Crippen LogP contribution is -2.49. The van der Waals surface area contributed by atoms with Crippen LogP contribution < -0.4 is 5.73 Å². The van der Waals surface area contributed by atoms with Gasteiger partial charge in [0.25, 0.3) is 0 Å². The number of rotatable bonds is 4. The van der Waals surface area contributed by atoms with Crippen LogP contribution in [0.5, 0.6) is 0 Å². The summed E-state index contributed by atoms with van der Waals surface area (Å²) < 4.78 is 3.99. The van der Waals surface area contributed by atoms with E-state index in [1.54, 1.807) is 0 Å². The maximum Gasteiger partial charge on any atom is 0.248 e. The first-order chi connectivity index (χ1) is 9.54. The SMILES string of the molecule is NC(=O)C1CCCN1C(=O)C(N=P)C1CCCC(=O)C1. The highest BCUT2D eigenvalue weighted by atomic mass is 31.0. The van der Waals surface area contributed by atoms with Crippen molar-refractivity contribution >= 4 is 26.6 Å². The van der Waals surface area contributed by atoms with Crippen LogP contribution in [0.3, 0.4) is 0 Å². The Balaban J connectivity index is 2.10. The van der Waals surface area contributed by atoms with Crippen molar-refractivity contribution < 1.29 is 14.4 Å². The maximum absolute atomic E-state index is 12.6. The zero-order chi connectivity index (χ0) is 14.7. The molecule has 2 rings (SSSR count). The molecule has 1 saturated carbocycles. The van der Waals surface area contributed by atoms with E-state index in [1.807, 2.05) is 0 Å². The molecule has 2 N–H and O–H groups in total. The van der Waals surface area contributed by atoms with Crippen molar-refractivity contribution in [2.24, 2.45) is 16.4 Å². The van der Waals surface area contributed by atoms with Crippen LogP contribution >= 0.6 is 9.03 Å². The van der Waals surface area contributed by atoms with E-state index >= 15 is 0 Å². The minimum absolute atomic E-state index is 0.0737. The van der Waals surface area contributed by atoms with Crippen LogP contribution in [0.4, 0.5) is 0 Å². The zero-order valence-electron chi connectivity index (χ0n) is 11.4. The maximum atomic E-state index is 12.6. The largest absolute Gasteiger partial charge is 0.368 e. The predicted octanol–water partition coefficient (Wildman–Crippen LogP) is 0.917. The first-order valence-electron chi connectivity index (χ1n) is 7.02. The fraction of sp³-hybridized carbons (Fsp3) is 0.769. The first kappa shape index (κ1) is 15.1. The summed E-state index contributed by atoms with van der Waals surface area (Å²) in [5.74, 6) is -0.554. The molecular weight excluding hydrogens is 277 g/mol. The Morgan fingerprint density at radius 3 is 2.70 bits per heavy atom. The van der Waals surface area contributed by atoms with Crippen LogP contribution in [-0.2, 0) is 14.4 Å². The topological polar surface area (TPSA) is 92.8 Å². The number of amides is 2. The smallest absolute Gasteiger partial charge is 0.248 e. The van der Waals surface area contributed by atoms with Crippen LogP contribution in [0.1, 0.15) is 38.5 Å². The van der Waals surface area contributed by atoms with Crippen molar-refractivity contribution in [3.05, 3.63) is 0 Å². The summed E-state index contributed by atoms with van der Waals surface area (Å²) in [6, 6.07) is -1.13. The lowest BCUT2D eigenvalue weighted by Gasteiger charge is -2.30. The van der Waals surface area contributed by atoms with E-state index in [2.05, 4.69) is 13.8 Å². The normalized spacial score (nSPS) is 28.2. The molecule has 6 nitrogen and oxygen atoms in total. The van der Waals surface area contributed by atoms with Gasteiger partial charge in [-0.2, -0.15) is 0 Å². The molecule has 0 bridgehead atoms. The highest BCUT2D eigenvalue weighted by Gasteiger charge is 2.39. The first-order valence-corrected chi connectivity index (χ1v) is 7.47. The molecule has 0 spiro atoms. The van der Waals surface area contributed by atoms with Gasteiger partial charge in [-0.1, -0.05) is 0 Å². The van der Waals surface area contributed by atoms with Gasteiger partial charge in [-0.05, 0) is 40.6 Å². The number of nitrogens with zero attached hydrogens (tertiary/aromatic N) is 2. The summed E-state index contributed by atoms with van der Waals surface area (Å²) in [4.78, 5) is 37.0. The Kier molecular flexibility index (Phi) is 4.86. The Labute approximate surface area is 120 Å². The van der Waals surface area contributed by atoms with Crippen molar-refractivity contribution in [1.29, 1.82) is 0 Å². The minimum atomic E-state index is -0.601. The number of Topliss-reactive ketones (excluding diaryl/α,β-unsaturated/α-hetero) is 1. The average Bonchev–Trinajstić information content (AvgIpc) is 2.89. The van der Waals surface area contributed by atoms with Crippen molar-refractivity contribution in [3.63, 3.8) is 0 Å². The second-order valence-electron chi connectivity index (χ2n) is 5.56. The van der Waals surface area contributed by atoms with Crippen LogP contribution in [0.25, 0.3) is 0 Å². The molecule has 3 atom stereocenters. The summed E-state index contributed by atoms with van der Waals surface area (Å²) >= 11 is 0. The van der Waals surface area contributed by atoms with E-state index in [-0.39, 0.29) is 17.6 Å². The number of primary amides is 1. The van der Waals surface area contributed by atoms with Crippen molar-refractivity contribution in [2.45, 2.75) is 50.6 Å². The Morgan fingerprint density at radius 1 is 1.35 bits per heavy atom. The minimum Gasteiger partial charge on any atom is -0.368 e. The number of carbonyl (C=O) groups is 3. The quantitative estimate of drug-likeness (QED) is 0.782. The third-order valence-electron chi connectivity index (χ3n) is 4.22. The monoisotopic (exact) mass is 297 g/mol. The number of carbonyl (C=O) groups excluding carboxylic acids is 3. The molecule has 0 radical (unpaired) electrons. The Morgan fingerprint density at radius 2 is 2.10 bits per heavy atom. The van der Waals surface area contributed by atoms with Gasteiger partial charge in [-0.15, -0.1) is 0 Å². The molecule has 2 aliphatic rings. The summed E-state index contributed by atoms with van der Waals surface area (Å²) in [5, 5.41) is 0. The van der Waals surface area contributed by atoms with Gasteiger partial charge in [0.05, 0.1) is 0 Å². The number of nitrogens with two attached hydrogens (primary N) is 1. The molecule has 2 amide bonds. The van der Waals surface area contributed by atoms with Gasteiger partial charge in [0, 0.05) is 19.4 Å². The molecule has 0 aromatic carbocycles. The molecule has 0 aromatic heterocycles. The van der Waals surface area contributed by atoms with Crippen molar-refractivity contribution in [3.8, 4) is 0 Å². The van der Waals surface area contributed by atoms with Gasteiger partial charge >= 0.3 is 0 Å². The fourth-order valence-electron chi connectivity index (χ4n) is 3.19. The van der Waals surface area contributed by atoms with Crippen LogP contribution in [0, 0.1) is 5.92 Å². The van der Waals surface area contributed by atoms with E-state index in [9.17, 15) is 14.4 Å². The van der Waals surface area contributed by atoms with Crippen LogP contribution in [0.15, 0.2) is 4.74 Å². The molecule has 20 heavy (non-hydrogen) atoms. The van der Waals surface area contributed by atoms with E-state index in [0.717, 1.165) is 19.3 Å². The molecule has 3 unspecified atom stereocenters. The highest BCUT2D eigenvalue weighted by Crippen LogP contribution is 2.29. The van der Waals surface area contributed by atoms with Crippen LogP contribution in [0.2, 0.25) is 0 Å². The lowest BCUT2D eigenvalue weighted by molar-refractivity contribution is -0.139. The molecule has 1 saturated heterocycles. The van der Waals surface area contributed by atoms with Gasteiger partial charge in [0.2, 0.25) is 11.8 Å². The summed E-state index contributed by atoms with van der Waals surface area (Å²) in [6.45, 7) is 0.533. The number of hydrogen-bond donors (Lipinski definition) is 1. The van der Waals surface area contributed by atoms with Gasteiger partial charge in [-0.25, -0.2) is 0 Å². The summed E-state index contributed by atoms with van der Waals surface area (Å²) in [6.07, 6.45) is 3.97. The third kappa shape index (κ3) is 3.06. The highest BCUT2D eigenvalue weighted by molar-refractivity contribution is 7.04. The predicted molar refractivity (Wildman–Crippen MR) is 75.4 cm³/mol.